The molecule has 0 aliphatic carbocycles. The number of aliphatic hydroxyl groups is 1. The highest BCUT2D eigenvalue weighted by Gasteiger charge is 2.54. The van der Waals surface area contributed by atoms with Gasteiger partial charge in [0.15, 0.2) is 18.1 Å². The van der Waals surface area contributed by atoms with Gasteiger partial charge in [-0.15, -0.1) is 56.7 Å². The fourth-order valence-electron chi connectivity index (χ4n) is 12.0. The van der Waals surface area contributed by atoms with Crippen molar-refractivity contribution in [1.82, 2.24) is 66.1 Å². The molecule has 7 aromatic heterocycles. The summed E-state index contributed by atoms with van der Waals surface area (Å²) in [7, 11) is 3.20. The molecule has 5 aliphatic heterocycles. The Bertz CT molecular complexity index is 4650. The van der Waals surface area contributed by atoms with Crippen molar-refractivity contribution in [1.29, 1.82) is 0 Å². The molecule has 13 rings (SSSR count). The number of aromatic hydroxyl groups is 1. The number of cyclic esters (lactones) is 2. The Hall–Kier alpha value is -9.54. The fraction of sp³-hybridized carbons (Fsp3) is 0.344. The number of nitrogens with zero attached hydrogens (tertiary/aromatic N) is 8. The molecule has 0 saturated carbocycles. The maximum absolute atomic E-state index is 15.2. The van der Waals surface area contributed by atoms with E-state index in [0.717, 1.165) is 56.7 Å². The van der Waals surface area contributed by atoms with Crippen LogP contribution in [0.1, 0.15) is 125 Å². The zero-order valence-electron chi connectivity index (χ0n) is 52.3. The molecule has 10 N–H and O–H groups in total. The normalized spacial score (nSPS) is 24.7. The highest BCUT2D eigenvalue weighted by Crippen LogP contribution is 2.44. The van der Waals surface area contributed by atoms with E-state index >= 15 is 14.4 Å². The van der Waals surface area contributed by atoms with Crippen LogP contribution in [0.4, 0.5) is 0 Å². The van der Waals surface area contributed by atoms with Crippen molar-refractivity contribution in [3.05, 3.63) is 124 Å². The maximum Gasteiger partial charge on any atom is 0.358 e. The average molecular weight is 1440 g/mol. The first-order valence-electron chi connectivity index (χ1n) is 29.8. The van der Waals surface area contributed by atoms with Crippen molar-refractivity contribution in [3.8, 4) is 38.4 Å². The van der Waals surface area contributed by atoms with Crippen LogP contribution < -0.4 is 32.3 Å². The second-order valence-electron chi connectivity index (χ2n) is 23.3. The lowest BCUT2D eigenvalue weighted by Crippen LogP contribution is -2.58. The van der Waals surface area contributed by atoms with Crippen molar-refractivity contribution >= 4 is 121 Å². The largest absolute Gasteiger partial charge is 0.506 e. The topological polar surface area (TPSA) is 434 Å². The summed E-state index contributed by atoms with van der Waals surface area (Å²) in [5.74, 6) is -8.11. The van der Waals surface area contributed by atoms with Crippen molar-refractivity contribution in [2.75, 3.05) is 27.5 Å². The number of rotatable bonds is 8. The predicted molar refractivity (Wildman–Crippen MR) is 348 cm³/mol. The molecule has 6 amide bonds. The quantitative estimate of drug-likeness (QED) is 0.0444. The number of allylic oxidation sites excluding steroid dienone is 1. The van der Waals surface area contributed by atoms with Crippen LogP contribution in [0.15, 0.2) is 69.2 Å². The zero-order chi connectivity index (χ0) is 69.3. The molecule has 2 saturated heterocycles. The molecule has 32 nitrogen and oxygen atoms in total. The van der Waals surface area contributed by atoms with Crippen LogP contribution in [0.3, 0.4) is 0 Å². The van der Waals surface area contributed by atoms with Crippen LogP contribution >= 0.6 is 56.7 Å². The molecule has 2 fully saturated rings. The Labute approximate surface area is 573 Å². The smallest absolute Gasteiger partial charge is 0.358 e. The molecule has 510 valence electrons. The number of carbonyl (C=O) groups excluding carboxylic acids is 8. The predicted octanol–water partition coefficient (Wildman–Crippen LogP) is 4.26. The van der Waals surface area contributed by atoms with Gasteiger partial charge in [0.2, 0.25) is 5.91 Å². The Morgan fingerprint density at radius 2 is 1.54 bits per heavy atom. The van der Waals surface area contributed by atoms with Crippen molar-refractivity contribution in [2.24, 2.45) is 5.73 Å². The standard InChI is InChI=1S/C61H58N14O18S5/c1-22(48(62)78)63-49(79)31-18-97-57(68-31)42-36(77)11-27-41(70-42)30-16-95-55(65-30)29-15-90-59(84)44-28-14-88-45(46(60(85)89-13-26-9-8-10-35(38(26)28)75(44)86)93-37-12-61(5)47(25(4)92-37)74(6)21-91-61)43(58-69-32(19-98-58)50(80)64-29)73-52(82)34-20-96-56(67-34)40(24(3)87-7)72-53(83)39(23(2)76)71-51(81)33-17-94-54(27)66-33/h8-11,16-20,23,25,29,37,39,43,45-47,76-77,86H,1,12-15,21H2,2-7H3,(H2,62,78)(H,63,79)(H,64,80)(H,71,81)(H,72,83)(H,73,82). The fourth-order valence-corrected chi connectivity index (χ4v) is 16.2. The summed E-state index contributed by atoms with van der Waals surface area (Å²) in [6.45, 7) is 8.48. The van der Waals surface area contributed by atoms with E-state index in [0.29, 0.717) is 10.3 Å². The highest BCUT2D eigenvalue weighted by atomic mass is 32.1. The van der Waals surface area contributed by atoms with Crippen molar-refractivity contribution < 1.29 is 86.9 Å². The molecule has 5 aliphatic rings. The van der Waals surface area contributed by atoms with Gasteiger partial charge in [0.1, 0.15) is 120 Å². The highest BCUT2D eigenvalue weighted by molar-refractivity contribution is 7.14. The number of hydrogen-bond acceptors (Lipinski definition) is 30. The lowest BCUT2D eigenvalue weighted by atomic mass is 9.86. The summed E-state index contributed by atoms with van der Waals surface area (Å²) in [6.07, 6.45) is -6.77. The van der Waals surface area contributed by atoms with Gasteiger partial charge < -0.3 is 80.9 Å². The molecule has 10 atom stereocenters. The Morgan fingerprint density at radius 1 is 0.857 bits per heavy atom. The minimum atomic E-state index is -1.84. The number of methoxy groups -OCH3 is 1. The summed E-state index contributed by atoms with van der Waals surface area (Å²) >= 11 is 4.53. The van der Waals surface area contributed by atoms with Gasteiger partial charge in [-0.2, -0.15) is 4.73 Å². The van der Waals surface area contributed by atoms with E-state index in [1.807, 2.05) is 25.8 Å². The number of amides is 6. The number of aromatic nitrogens is 7. The number of pyridine rings is 1. The van der Waals surface area contributed by atoms with Gasteiger partial charge in [0, 0.05) is 49.8 Å². The molecule has 0 radical (unpaired) electrons. The Balaban J connectivity index is 0.984. The van der Waals surface area contributed by atoms with Gasteiger partial charge in [0.05, 0.1) is 55.5 Å². The van der Waals surface area contributed by atoms with Crippen molar-refractivity contribution in [2.45, 2.75) is 108 Å². The summed E-state index contributed by atoms with van der Waals surface area (Å²) in [5.41, 5.74) is 2.86. The van der Waals surface area contributed by atoms with Crippen LogP contribution in [0, 0.1) is 0 Å². The SMILES string of the molecule is C=C(NC(=O)c1csc(-c2nc3c(cc2O)-c2nc(cs2)C(=O)NC(C(C)O)C(=O)NC(=C(C)OC)c2nc(cs2)C(=O)NC2c4nc(cs4)C(=O)NC(COC(=O)c4c5c6c(cccc6n4O)COC(=O)C(OC4CC6(C)OCN(C)C6C(C)O4)C2OC5)c2nc-3cs2)n1)C(N)=O. The third kappa shape index (κ3) is 12.6. The van der Waals surface area contributed by atoms with Gasteiger partial charge in [-0.1, -0.05) is 18.7 Å². The third-order valence-corrected chi connectivity index (χ3v) is 21.3. The van der Waals surface area contributed by atoms with Crippen LogP contribution in [0.5, 0.6) is 5.75 Å². The monoisotopic (exact) mass is 1430 g/mol. The number of aliphatic hydroxyl groups excluding tert-OH is 1. The third-order valence-electron chi connectivity index (χ3n) is 16.8. The molecule has 37 heteroatoms. The van der Waals surface area contributed by atoms with Gasteiger partial charge >= 0.3 is 11.9 Å². The molecule has 0 spiro atoms. The summed E-state index contributed by atoms with van der Waals surface area (Å²) in [6, 6.07) is 1.10. The molecular weight excluding hydrogens is 1380 g/mol. The number of thiazole rings is 5. The number of fused-ring (bicyclic) bond motifs is 16. The number of likely N-dealkylation sites (N-methyl/N-ethyl adjacent to an activating group) is 1. The molecule has 1 aromatic carbocycles. The number of primary amides is 1. The molecule has 10 unspecified atom stereocenters. The minimum Gasteiger partial charge on any atom is -0.506 e. The lowest BCUT2D eigenvalue weighted by molar-refractivity contribution is -0.268. The second kappa shape index (κ2) is 26.7. The zero-order valence-corrected chi connectivity index (χ0v) is 56.4. The molecule has 98 heavy (non-hydrogen) atoms. The first-order chi connectivity index (χ1) is 46.9. The van der Waals surface area contributed by atoms with E-state index in [1.165, 1.54) is 60.0 Å². The van der Waals surface area contributed by atoms with Gasteiger partial charge in [-0.25, -0.2) is 39.5 Å². The molecule has 8 aromatic rings. The van der Waals surface area contributed by atoms with E-state index < -0.39 is 139 Å². The number of carbonyl (C=O) groups is 8. The van der Waals surface area contributed by atoms with E-state index in [4.69, 9.17) is 53.8 Å². The summed E-state index contributed by atoms with van der Waals surface area (Å²) < 4.78 is 44.9. The van der Waals surface area contributed by atoms with Crippen LogP contribution in [0.2, 0.25) is 0 Å². The number of hydrogen-bond donors (Lipinski definition) is 9. The van der Waals surface area contributed by atoms with Crippen LogP contribution in [-0.4, -0.2) is 178 Å². The van der Waals surface area contributed by atoms with Gasteiger partial charge in [-0.3, -0.25) is 33.7 Å². The first kappa shape index (κ1) is 67.0. The molecule has 12 bridgehead atoms. The number of nitrogens with one attached hydrogen (secondary N) is 5. The number of nitrogens with two attached hydrogens (primary N) is 1. The van der Waals surface area contributed by atoms with Crippen LogP contribution in [0.25, 0.3) is 49.3 Å². The average Bonchev–Trinajstić information content (AvgIpc) is 1.63. The first-order valence-corrected chi connectivity index (χ1v) is 34.2. The number of benzene rings is 1. The van der Waals surface area contributed by atoms with E-state index in [1.54, 1.807) is 12.1 Å². The molecular formula is C61H58N14O18S5. The minimum absolute atomic E-state index is 0.00256. The van der Waals surface area contributed by atoms with E-state index in [-0.39, 0.29) is 118 Å². The Morgan fingerprint density at radius 3 is 2.30 bits per heavy atom. The Kier molecular flexibility index (Phi) is 18.3. The van der Waals surface area contributed by atoms with E-state index in [9.17, 15) is 39.4 Å². The lowest BCUT2D eigenvalue weighted by Gasteiger charge is -2.45. The number of esters is 2. The van der Waals surface area contributed by atoms with Crippen LogP contribution in [-0.2, 0) is 60.8 Å². The van der Waals surface area contributed by atoms with Gasteiger partial charge in [0.25, 0.3) is 29.5 Å². The van der Waals surface area contributed by atoms with Crippen molar-refractivity contribution in [3.63, 3.8) is 0 Å². The number of ether oxygens (including phenoxy) is 7. The summed E-state index contributed by atoms with van der Waals surface area (Å²) in [4.78, 5) is 144. The summed E-state index contributed by atoms with van der Waals surface area (Å²) in [5, 5.41) is 55.6. The van der Waals surface area contributed by atoms with Gasteiger partial charge in [-0.05, 0) is 52.4 Å². The van der Waals surface area contributed by atoms with E-state index in [2.05, 4.69) is 48.1 Å². The second-order valence-corrected chi connectivity index (χ2v) is 27.7. The molecule has 12 heterocycles. The maximum atomic E-state index is 15.2.